The third kappa shape index (κ3) is 5.74. The molecule has 2 atom stereocenters. The molecular weight excluding hydrogens is 290 g/mol. The first kappa shape index (κ1) is 18.7. The Balaban J connectivity index is 0.00000220. The summed E-state index contributed by atoms with van der Waals surface area (Å²) >= 11 is 0. The number of nitrogens with two attached hydrogens (primary N) is 1. The van der Waals surface area contributed by atoms with Gasteiger partial charge in [0.25, 0.3) is 0 Å². The molecule has 0 aromatic rings. The van der Waals surface area contributed by atoms with Crippen LogP contribution in [0.2, 0.25) is 0 Å². The highest BCUT2D eigenvalue weighted by atomic mass is 35.5. The fourth-order valence-electron chi connectivity index (χ4n) is 3.23. The van der Waals surface area contributed by atoms with Crippen molar-refractivity contribution in [1.29, 1.82) is 0 Å². The normalized spacial score (nSPS) is 25.2. The van der Waals surface area contributed by atoms with Crippen LogP contribution < -0.4 is 5.73 Å². The molecule has 0 spiro atoms. The summed E-state index contributed by atoms with van der Waals surface area (Å²) in [5.74, 6) is 0.748. The molecule has 2 saturated heterocycles. The second-order valence-electron chi connectivity index (χ2n) is 6.10. The third-order valence-electron chi connectivity index (χ3n) is 4.37. The van der Waals surface area contributed by atoms with Crippen molar-refractivity contribution in [3.05, 3.63) is 0 Å². The van der Waals surface area contributed by atoms with E-state index in [2.05, 4.69) is 11.8 Å². The van der Waals surface area contributed by atoms with E-state index in [4.69, 9.17) is 10.5 Å². The Hall–Kier alpha value is -0.360. The van der Waals surface area contributed by atoms with Gasteiger partial charge in [-0.2, -0.15) is 0 Å². The Morgan fingerprint density at radius 3 is 2.71 bits per heavy atom. The highest BCUT2D eigenvalue weighted by Gasteiger charge is 2.28. The predicted molar refractivity (Wildman–Crippen MR) is 86.7 cm³/mol. The van der Waals surface area contributed by atoms with Gasteiger partial charge in [-0.15, -0.1) is 12.4 Å². The summed E-state index contributed by atoms with van der Waals surface area (Å²) in [7, 11) is 0. The summed E-state index contributed by atoms with van der Waals surface area (Å²) < 4.78 is 5.38. The van der Waals surface area contributed by atoms with Gasteiger partial charge in [0.1, 0.15) is 0 Å². The second kappa shape index (κ2) is 9.62. The fraction of sp³-hybridized carbons (Fsp3) is 0.933. The van der Waals surface area contributed by atoms with Gasteiger partial charge in [0, 0.05) is 32.7 Å². The van der Waals surface area contributed by atoms with Crippen molar-refractivity contribution in [2.45, 2.75) is 38.6 Å². The first-order valence-corrected chi connectivity index (χ1v) is 8.05. The van der Waals surface area contributed by atoms with Gasteiger partial charge in [-0.1, -0.05) is 13.3 Å². The van der Waals surface area contributed by atoms with Crippen molar-refractivity contribution in [2.75, 3.05) is 45.9 Å². The van der Waals surface area contributed by atoms with Crippen molar-refractivity contribution >= 4 is 18.3 Å². The molecule has 2 rings (SSSR count). The number of hydrogen-bond acceptors (Lipinski definition) is 4. The molecule has 0 saturated carbocycles. The number of piperidine rings is 1. The minimum atomic E-state index is -0.304. The highest BCUT2D eigenvalue weighted by Crippen LogP contribution is 2.19. The zero-order chi connectivity index (χ0) is 14.4. The summed E-state index contributed by atoms with van der Waals surface area (Å²) in [6.45, 7) is 8.68. The van der Waals surface area contributed by atoms with Gasteiger partial charge in [0.15, 0.2) is 0 Å². The van der Waals surface area contributed by atoms with Gasteiger partial charge >= 0.3 is 0 Å². The smallest absolute Gasteiger partial charge is 0.239 e. The fourth-order valence-corrected chi connectivity index (χ4v) is 3.23. The van der Waals surface area contributed by atoms with Crippen LogP contribution in [0.1, 0.15) is 32.6 Å². The number of nitrogens with zero attached hydrogens (tertiary/aromatic N) is 2. The summed E-state index contributed by atoms with van der Waals surface area (Å²) in [6, 6.07) is -0.304. The van der Waals surface area contributed by atoms with Crippen LogP contribution in [0.3, 0.4) is 0 Å². The van der Waals surface area contributed by atoms with Crippen molar-refractivity contribution in [3.8, 4) is 0 Å². The SMILES string of the molecule is CCCC(N)C(=O)N1CCCC(CN2CCOCC2)C1.Cl. The molecule has 2 unspecified atom stereocenters. The molecule has 0 aliphatic carbocycles. The quantitative estimate of drug-likeness (QED) is 0.824. The van der Waals surface area contributed by atoms with Crippen LogP contribution in [0.4, 0.5) is 0 Å². The summed E-state index contributed by atoms with van der Waals surface area (Å²) in [5, 5.41) is 0. The number of morpholine rings is 1. The van der Waals surface area contributed by atoms with Crippen LogP contribution in [-0.4, -0.2) is 67.7 Å². The molecule has 2 aliphatic rings. The molecule has 0 aromatic heterocycles. The predicted octanol–water partition coefficient (Wildman–Crippen LogP) is 1.11. The maximum atomic E-state index is 12.3. The van der Waals surface area contributed by atoms with Crippen LogP contribution >= 0.6 is 12.4 Å². The molecule has 5 nitrogen and oxygen atoms in total. The number of halogens is 1. The van der Waals surface area contributed by atoms with Gasteiger partial charge in [-0.05, 0) is 25.2 Å². The number of carbonyl (C=O) groups is 1. The molecular formula is C15H30ClN3O2. The van der Waals surface area contributed by atoms with Crippen molar-refractivity contribution in [2.24, 2.45) is 11.7 Å². The van der Waals surface area contributed by atoms with E-state index in [-0.39, 0.29) is 24.4 Å². The van der Waals surface area contributed by atoms with Crippen molar-refractivity contribution in [1.82, 2.24) is 9.80 Å². The molecule has 2 fully saturated rings. The summed E-state index contributed by atoms with van der Waals surface area (Å²) in [5.41, 5.74) is 5.97. The van der Waals surface area contributed by atoms with Crippen LogP contribution in [0, 0.1) is 5.92 Å². The van der Waals surface area contributed by atoms with Gasteiger partial charge in [-0.3, -0.25) is 9.69 Å². The summed E-state index contributed by atoms with van der Waals surface area (Å²) in [6.07, 6.45) is 4.10. The number of amides is 1. The van der Waals surface area contributed by atoms with Crippen LogP contribution in [-0.2, 0) is 9.53 Å². The average Bonchev–Trinajstić information content (AvgIpc) is 2.48. The lowest BCUT2D eigenvalue weighted by atomic mass is 9.96. The number of hydrogen-bond donors (Lipinski definition) is 1. The minimum absolute atomic E-state index is 0. The van der Waals surface area contributed by atoms with E-state index < -0.39 is 0 Å². The van der Waals surface area contributed by atoms with Crippen LogP contribution in [0.25, 0.3) is 0 Å². The Morgan fingerprint density at radius 2 is 2.05 bits per heavy atom. The van der Waals surface area contributed by atoms with Gasteiger partial charge < -0.3 is 15.4 Å². The van der Waals surface area contributed by atoms with Crippen molar-refractivity contribution in [3.63, 3.8) is 0 Å². The number of ether oxygens (including phenoxy) is 1. The molecule has 6 heteroatoms. The van der Waals surface area contributed by atoms with E-state index >= 15 is 0 Å². The average molecular weight is 320 g/mol. The standard InChI is InChI=1S/C15H29N3O2.ClH/c1-2-4-14(16)15(19)18-6-3-5-13(12-18)11-17-7-9-20-10-8-17;/h13-14H,2-12,16H2,1H3;1H. The molecule has 0 aromatic carbocycles. The van der Waals surface area contributed by atoms with E-state index in [1.165, 1.54) is 6.42 Å². The second-order valence-corrected chi connectivity index (χ2v) is 6.10. The Morgan fingerprint density at radius 1 is 1.33 bits per heavy atom. The minimum Gasteiger partial charge on any atom is -0.379 e. The van der Waals surface area contributed by atoms with E-state index in [1.54, 1.807) is 0 Å². The molecule has 0 radical (unpaired) electrons. The highest BCUT2D eigenvalue weighted by molar-refractivity contribution is 5.85. The summed E-state index contributed by atoms with van der Waals surface area (Å²) in [4.78, 5) is 16.8. The Bertz CT molecular complexity index is 311. The van der Waals surface area contributed by atoms with E-state index in [0.717, 1.165) is 65.2 Å². The largest absolute Gasteiger partial charge is 0.379 e. The molecule has 1 amide bonds. The molecule has 21 heavy (non-hydrogen) atoms. The lowest BCUT2D eigenvalue weighted by Gasteiger charge is -2.37. The molecule has 124 valence electrons. The maximum absolute atomic E-state index is 12.3. The van der Waals surface area contributed by atoms with Gasteiger partial charge in [-0.25, -0.2) is 0 Å². The monoisotopic (exact) mass is 319 g/mol. The first-order chi connectivity index (χ1) is 9.70. The molecule has 2 heterocycles. The zero-order valence-electron chi connectivity index (χ0n) is 13.1. The lowest BCUT2D eigenvalue weighted by Crippen LogP contribution is -2.50. The maximum Gasteiger partial charge on any atom is 0.239 e. The Labute approximate surface area is 134 Å². The van der Waals surface area contributed by atoms with E-state index in [1.807, 2.05) is 4.90 Å². The topological polar surface area (TPSA) is 58.8 Å². The third-order valence-corrected chi connectivity index (χ3v) is 4.37. The number of likely N-dealkylation sites (tertiary alicyclic amines) is 1. The van der Waals surface area contributed by atoms with Crippen LogP contribution in [0.15, 0.2) is 0 Å². The van der Waals surface area contributed by atoms with E-state index in [0.29, 0.717) is 5.92 Å². The molecule has 2 aliphatic heterocycles. The van der Waals surface area contributed by atoms with E-state index in [9.17, 15) is 4.79 Å². The molecule has 0 bridgehead atoms. The lowest BCUT2D eigenvalue weighted by molar-refractivity contribution is -0.134. The number of rotatable bonds is 5. The molecule has 2 N–H and O–H groups in total. The first-order valence-electron chi connectivity index (χ1n) is 8.05. The van der Waals surface area contributed by atoms with Crippen LogP contribution in [0.5, 0.6) is 0 Å². The zero-order valence-corrected chi connectivity index (χ0v) is 13.9. The Kier molecular flexibility index (Phi) is 8.56. The van der Waals surface area contributed by atoms with Gasteiger partial charge in [0.2, 0.25) is 5.91 Å². The van der Waals surface area contributed by atoms with Gasteiger partial charge in [0.05, 0.1) is 19.3 Å². The number of carbonyl (C=O) groups excluding carboxylic acids is 1. The van der Waals surface area contributed by atoms with Crippen molar-refractivity contribution < 1.29 is 9.53 Å².